The lowest BCUT2D eigenvalue weighted by Crippen LogP contribution is -2.48. The molecule has 0 unspecified atom stereocenters. The maximum absolute atomic E-state index is 16.6. The van der Waals surface area contributed by atoms with Gasteiger partial charge in [-0.1, -0.05) is 0 Å². The Bertz CT molecular complexity index is 1040. The molecule has 2 aromatic rings. The standard InChI is InChI=1S/C22H21FO8/c1-26-16-4-10(5-17(27-2)20(16)28-3)18-11-6-14-15(31-9-30-14)7-12(11)19(24)13-8-29-21(25)22(13,18)23/h4-7,13,18-19,24H,8-9H2,1-3H3/t13-,18-,19-,22-/m1/s1. The first-order valence-electron chi connectivity index (χ1n) is 9.71. The van der Waals surface area contributed by atoms with Gasteiger partial charge in [-0.15, -0.1) is 0 Å². The fraction of sp³-hybridized carbons (Fsp3) is 0.409. The molecular weight excluding hydrogens is 411 g/mol. The van der Waals surface area contributed by atoms with Gasteiger partial charge < -0.3 is 33.5 Å². The number of ether oxygens (including phenoxy) is 6. The summed E-state index contributed by atoms with van der Waals surface area (Å²) in [6.07, 6.45) is -1.25. The first-order valence-corrected chi connectivity index (χ1v) is 9.71. The number of cyclic esters (lactones) is 1. The molecule has 3 aliphatic rings. The van der Waals surface area contributed by atoms with E-state index in [-0.39, 0.29) is 13.4 Å². The smallest absolute Gasteiger partial charge is 0.345 e. The van der Waals surface area contributed by atoms with Crippen molar-refractivity contribution in [3.63, 3.8) is 0 Å². The van der Waals surface area contributed by atoms with Crippen molar-refractivity contribution in [1.82, 2.24) is 0 Å². The molecule has 2 aliphatic heterocycles. The summed E-state index contributed by atoms with van der Waals surface area (Å²) in [5, 5.41) is 11.0. The number of esters is 1. The van der Waals surface area contributed by atoms with E-state index < -0.39 is 29.6 Å². The molecule has 0 saturated carbocycles. The van der Waals surface area contributed by atoms with Crippen LogP contribution in [0.3, 0.4) is 0 Å². The van der Waals surface area contributed by atoms with Crippen molar-refractivity contribution in [2.45, 2.75) is 17.7 Å². The zero-order valence-electron chi connectivity index (χ0n) is 17.1. The van der Waals surface area contributed by atoms with E-state index in [1.54, 1.807) is 24.3 Å². The Labute approximate surface area is 177 Å². The van der Waals surface area contributed by atoms with Crippen molar-refractivity contribution >= 4 is 5.97 Å². The molecule has 1 saturated heterocycles. The lowest BCUT2D eigenvalue weighted by atomic mass is 9.64. The van der Waals surface area contributed by atoms with E-state index in [2.05, 4.69) is 0 Å². The van der Waals surface area contributed by atoms with Gasteiger partial charge in [0.25, 0.3) is 0 Å². The summed E-state index contributed by atoms with van der Waals surface area (Å²) in [5.41, 5.74) is -1.22. The van der Waals surface area contributed by atoms with E-state index in [4.69, 9.17) is 28.4 Å². The molecule has 0 bridgehead atoms. The van der Waals surface area contributed by atoms with Crippen molar-refractivity contribution < 1.29 is 42.7 Å². The lowest BCUT2D eigenvalue weighted by molar-refractivity contribution is -0.150. The Morgan fingerprint density at radius 1 is 0.968 bits per heavy atom. The minimum atomic E-state index is -2.50. The van der Waals surface area contributed by atoms with Gasteiger partial charge in [0.05, 0.1) is 39.3 Å². The van der Waals surface area contributed by atoms with Gasteiger partial charge in [-0.25, -0.2) is 9.18 Å². The van der Waals surface area contributed by atoms with Crippen LogP contribution in [0.25, 0.3) is 0 Å². The number of aliphatic hydroxyl groups is 1. The van der Waals surface area contributed by atoms with Crippen LogP contribution in [0.15, 0.2) is 24.3 Å². The van der Waals surface area contributed by atoms with E-state index in [9.17, 15) is 9.90 Å². The number of benzene rings is 2. The molecule has 1 fully saturated rings. The molecule has 31 heavy (non-hydrogen) atoms. The fourth-order valence-corrected chi connectivity index (χ4v) is 4.81. The number of hydrogen-bond acceptors (Lipinski definition) is 8. The molecule has 1 aliphatic carbocycles. The van der Waals surface area contributed by atoms with Crippen LogP contribution in [0.5, 0.6) is 28.7 Å². The minimum absolute atomic E-state index is 0.0232. The summed E-state index contributed by atoms with van der Waals surface area (Å²) in [6.45, 7) is -0.208. The van der Waals surface area contributed by atoms with Gasteiger partial charge in [-0.05, 0) is 41.0 Å². The van der Waals surface area contributed by atoms with Crippen LogP contribution in [0, 0.1) is 5.92 Å². The van der Waals surface area contributed by atoms with Crippen molar-refractivity contribution in [2.24, 2.45) is 5.92 Å². The molecule has 4 atom stereocenters. The van der Waals surface area contributed by atoms with Gasteiger partial charge in [0.2, 0.25) is 18.2 Å². The van der Waals surface area contributed by atoms with Gasteiger partial charge in [0.1, 0.15) is 6.61 Å². The summed E-state index contributed by atoms with van der Waals surface area (Å²) in [7, 11) is 4.37. The maximum atomic E-state index is 16.6. The topological polar surface area (TPSA) is 92.7 Å². The van der Waals surface area contributed by atoms with Crippen LogP contribution in [0.4, 0.5) is 4.39 Å². The van der Waals surface area contributed by atoms with E-state index in [0.29, 0.717) is 45.4 Å². The van der Waals surface area contributed by atoms with Crippen molar-refractivity contribution in [2.75, 3.05) is 34.7 Å². The number of hydrogen-bond donors (Lipinski definition) is 1. The minimum Gasteiger partial charge on any atom is -0.493 e. The second kappa shape index (κ2) is 6.91. The number of methoxy groups -OCH3 is 3. The zero-order chi connectivity index (χ0) is 21.9. The van der Waals surface area contributed by atoms with E-state index in [1.165, 1.54) is 21.3 Å². The highest BCUT2D eigenvalue weighted by Crippen LogP contribution is 2.58. The zero-order valence-corrected chi connectivity index (χ0v) is 17.1. The molecule has 8 nitrogen and oxygen atoms in total. The van der Waals surface area contributed by atoms with Gasteiger partial charge in [0.15, 0.2) is 23.0 Å². The summed E-state index contributed by atoms with van der Waals surface area (Å²) >= 11 is 0. The number of alkyl halides is 1. The van der Waals surface area contributed by atoms with Crippen molar-refractivity contribution in [3.05, 3.63) is 41.0 Å². The molecule has 164 valence electrons. The Morgan fingerprint density at radius 3 is 2.16 bits per heavy atom. The molecule has 2 aromatic carbocycles. The van der Waals surface area contributed by atoms with Crippen LogP contribution in [-0.4, -0.2) is 51.5 Å². The van der Waals surface area contributed by atoms with Crippen molar-refractivity contribution in [3.8, 4) is 28.7 Å². The van der Waals surface area contributed by atoms with Gasteiger partial charge >= 0.3 is 5.97 Å². The average Bonchev–Trinajstić information content (AvgIpc) is 3.36. The quantitative estimate of drug-likeness (QED) is 0.737. The monoisotopic (exact) mass is 432 g/mol. The first kappa shape index (κ1) is 19.7. The summed E-state index contributed by atoms with van der Waals surface area (Å²) in [5.74, 6) is -1.36. The van der Waals surface area contributed by atoms with Crippen LogP contribution in [-0.2, 0) is 9.53 Å². The normalized spacial score (nSPS) is 27.9. The van der Waals surface area contributed by atoms with Crippen LogP contribution < -0.4 is 23.7 Å². The SMILES string of the molecule is COc1cc([C@@H]2c3cc4c(cc3[C@@H](O)[C@H]3COC(=O)[C@]23F)OCO4)cc(OC)c1OC. The van der Waals surface area contributed by atoms with Crippen LogP contribution in [0.1, 0.15) is 28.7 Å². The number of carbonyl (C=O) groups is 1. The summed E-state index contributed by atoms with van der Waals surface area (Å²) in [4.78, 5) is 12.7. The number of fused-ring (bicyclic) bond motifs is 3. The Balaban J connectivity index is 1.79. The molecule has 5 rings (SSSR count). The number of rotatable bonds is 4. The summed E-state index contributed by atoms with van der Waals surface area (Å²) in [6, 6.07) is 6.44. The van der Waals surface area contributed by atoms with E-state index in [1.807, 2.05) is 0 Å². The molecular formula is C22H21FO8. The largest absolute Gasteiger partial charge is 0.493 e. The Morgan fingerprint density at radius 2 is 1.58 bits per heavy atom. The number of halogens is 1. The number of carbonyl (C=O) groups excluding carboxylic acids is 1. The maximum Gasteiger partial charge on any atom is 0.345 e. The highest BCUT2D eigenvalue weighted by molar-refractivity contribution is 5.86. The Kier molecular flexibility index (Phi) is 4.40. The predicted molar refractivity (Wildman–Crippen MR) is 104 cm³/mol. The average molecular weight is 432 g/mol. The molecule has 0 spiro atoms. The molecule has 2 heterocycles. The summed E-state index contributed by atoms with van der Waals surface area (Å²) < 4.78 is 48.8. The third-order valence-corrected chi connectivity index (χ3v) is 6.28. The van der Waals surface area contributed by atoms with Crippen LogP contribution in [0.2, 0.25) is 0 Å². The Hall–Kier alpha value is -3.20. The molecule has 0 radical (unpaired) electrons. The van der Waals surface area contributed by atoms with E-state index >= 15 is 4.39 Å². The molecule has 0 aromatic heterocycles. The third kappa shape index (κ3) is 2.59. The first-order chi connectivity index (χ1) is 14.9. The van der Waals surface area contributed by atoms with Gasteiger partial charge in [-0.3, -0.25) is 0 Å². The van der Waals surface area contributed by atoms with Crippen LogP contribution >= 0.6 is 0 Å². The van der Waals surface area contributed by atoms with Gasteiger partial charge in [-0.2, -0.15) is 0 Å². The third-order valence-electron chi connectivity index (χ3n) is 6.28. The van der Waals surface area contributed by atoms with E-state index in [0.717, 1.165) is 0 Å². The predicted octanol–water partition coefficient (Wildman–Crippen LogP) is 2.50. The van der Waals surface area contributed by atoms with Gasteiger partial charge in [0, 0.05) is 0 Å². The lowest BCUT2D eigenvalue weighted by Gasteiger charge is -2.40. The highest BCUT2D eigenvalue weighted by Gasteiger charge is 2.65. The molecule has 0 amide bonds. The fourth-order valence-electron chi connectivity index (χ4n) is 4.81. The highest BCUT2D eigenvalue weighted by atomic mass is 19.1. The second-order valence-electron chi connectivity index (χ2n) is 7.64. The second-order valence-corrected chi connectivity index (χ2v) is 7.64. The number of aliphatic hydroxyl groups excluding tert-OH is 1. The van der Waals surface area contributed by atoms with Crippen molar-refractivity contribution in [1.29, 1.82) is 0 Å². The molecule has 9 heteroatoms. The molecule has 1 N–H and O–H groups in total.